The average Bonchev–Trinajstić information content (AvgIpc) is 2.60. The third-order valence-electron chi connectivity index (χ3n) is 4.46. The number of rotatable bonds is 4. The van der Waals surface area contributed by atoms with E-state index in [2.05, 4.69) is 0 Å². The van der Waals surface area contributed by atoms with E-state index < -0.39 is 17.5 Å². The summed E-state index contributed by atoms with van der Waals surface area (Å²) in [4.78, 5) is 0. The van der Waals surface area contributed by atoms with Crippen LogP contribution in [-0.4, -0.2) is 0 Å². The van der Waals surface area contributed by atoms with Crippen LogP contribution >= 0.6 is 0 Å². The Morgan fingerprint density at radius 1 is 0.615 bits per heavy atom. The molecule has 0 heterocycles. The van der Waals surface area contributed by atoms with Crippen molar-refractivity contribution in [2.24, 2.45) is 0 Å². The van der Waals surface area contributed by atoms with E-state index in [0.717, 1.165) is 5.56 Å². The Kier molecular flexibility index (Phi) is 5.12. The SMILES string of the molecule is Cc1ccc(Cc2ccc(Cc3ccc(C)c(F)c3)c(F)c2F)c(F)c1. The van der Waals surface area contributed by atoms with Crippen molar-refractivity contribution in [1.82, 2.24) is 0 Å². The van der Waals surface area contributed by atoms with Gasteiger partial charge in [-0.25, -0.2) is 17.6 Å². The van der Waals surface area contributed by atoms with Crippen LogP contribution < -0.4 is 0 Å². The van der Waals surface area contributed by atoms with Gasteiger partial charge in [-0.1, -0.05) is 36.4 Å². The second-order valence-corrected chi connectivity index (χ2v) is 6.54. The second-order valence-electron chi connectivity index (χ2n) is 6.54. The first kappa shape index (κ1) is 18.2. The fourth-order valence-electron chi connectivity index (χ4n) is 2.87. The Morgan fingerprint density at radius 2 is 1.23 bits per heavy atom. The molecule has 26 heavy (non-hydrogen) atoms. The normalized spacial score (nSPS) is 11.0. The first-order valence-electron chi connectivity index (χ1n) is 8.31. The van der Waals surface area contributed by atoms with Crippen LogP contribution in [0.3, 0.4) is 0 Å². The predicted molar refractivity (Wildman–Crippen MR) is 94.2 cm³/mol. The van der Waals surface area contributed by atoms with Crippen LogP contribution in [-0.2, 0) is 12.8 Å². The van der Waals surface area contributed by atoms with E-state index in [0.29, 0.717) is 16.7 Å². The van der Waals surface area contributed by atoms with Crippen LogP contribution in [0.1, 0.15) is 33.4 Å². The summed E-state index contributed by atoms with van der Waals surface area (Å²) < 4.78 is 56.5. The van der Waals surface area contributed by atoms with Crippen molar-refractivity contribution in [2.75, 3.05) is 0 Å². The van der Waals surface area contributed by atoms with Crippen LogP contribution in [0.15, 0.2) is 48.5 Å². The maximum Gasteiger partial charge on any atom is 0.162 e. The van der Waals surface area contributed by atoms with Crippen LogP contribution in [0.2, 0.25) is 0 Å². The quantitative estimate of drug-likeness (QED) is 0.499. The van der Waals surface area contributed by atoms with Crippen LogP contribution in [0, 0.1) is 37.1 Å². The molecule has 0 amide bonds. The van der Waals surface area contributed by atoms with Gasteiger partial charge in [-0.05, 0) is 59.4 Å². The summed E-state index contributed by atoms with van der Waals surface area (Å²) in [5.74, 6) is -2.79. The minimum Gasteiger partial charge on any atom is -0.207 e. The molecule has 0 aliphatic rings. The lowest BCUT2D eigenvalue weighted by molar-refractivity contribution is 0.492. The molecule has 4 heteroatoms. The predicted octanol–water partition coefficient (Wildman–Crippen LogP) is 6.04. The molecule has 0 fully saturated rings. The van der Waals surface area contributed by atoms with E-state index >= 15 is 0 Å². The monoisotopic (exact) mass is 358 g/mol. The number of halogens is 4. The highest BCUT2D eigenvalue weighted by Crippen LogP contribution is 2.23. The maximum absolute atomic E-state index is 14.4. The largest absolute Gasteiger partial charge is 0.207 e. The summed E-state index contributed by atoms with van der Waals surface area (Å²) in [5, 5.41) is 0. The molecule has 0 bridgehead atoms. The average molecular weight is 358 g/mol. The molecule has 134 valence electrons. The molecule has 3 aromatic carbocycles. The zero-order chi connectivity index (χ0) is 18.8. The topological polar surface area (TPSA) is 0 Å². The van der Waals surface area contributed by atoms with Gasteiger partial charge < -0.3 is 0 Å². The summed E-state index contributed by atoms with van der Waals surface area (Å²) >= 11 is 0. The minimum absolute atomic E-state index is 0.0334. The van der Waals surface area contributed by atoms with Crippen LogP contribution in [0.25, 0.3) is 0 Å². The van der Waals surface area contributed by atoms with Gasteiger partial charge in [-0.2, -0.15) is 0 Å². The Morgan fingerprint density at radius 3 is 1.85 bits per heavy atom. The van der Waals surface area contributed by atoms with Crippen molar-refractivity contribution in [3.63, 3.8) is 0 Å². The third-order valence-corrected chi connectivity index (χ3v) is 4.46. The van der Waals surface area contributed by atoms with Crippen molar-refractivity contribution in [1.29, 1.82) is 0 Å². The zero-order valence-corrected chi connectivity index (χ0v) is 14.5. The number of benzene rings is 3. The molecule has 3 rings (SSSR count). The Hall–Kier alpha value is -2.62. The molecule has 0 radical (unpaired) electrons. The first-order valence-corrected chi connectivity index (χ1v) is 8.31. The third kappa shape index (κ3) is 3.79. The first-order chi connectivity index (χ1) is 12.3. The zero-order valence-electron chi connectivity index (χ0n) is 14.5. The lowest BCUT2D eigenvalue weighted by Gasteiger charge is -2.10. The molecular weight excluding hydrogens is 340 g/mol. The standard InChI is InChI=1S/C22H18F4/c1-13-3-6-16(20(24)9-13)12-18-8-7-17(21(25)22(18)26)10-15-5-4-14(2)19(23)11-15/h3-9,11H,10,12H2,1-2H3. The van der Waals surface area contributed by atoms with Gasteiger partial charge in [0.1, 0.15) is 11.6 Å². The van der Waals surface area contributed by atoms with E-state index in [1.165, 1.54) is 24.3 Å². The molecule has 0 saturated carbocycles. The van der Waals surface area contributed by atoms with E-state index in [4.69, 9.17) is 0 Å². The van der Waals surface area contributed by atoms with Gasteiger partial charge in [0.05, 0.1) is 0 Å². The Bertz CT molecular complexity index is 961. The molecule has 0 spiro atoms. The van der Waals surface area contributed by atoms with Crippen molar-refractivity contribution in [3.05, 3.63) is 105 Å². The number of hydrogen-bond donors (Lipinski definition) is 0. The summed E-state index contributed by atoms with van der Waals surface area (Å²) in [5.41, 5.74) is 2.35. The van der Waals surface area contributed by atoms with Gasteiger partial charge >= 0.3 is 0 Å². The van der Waals surface area contributed by atoms with Crippen LogP contribution in [0.4, 0.5) is 17.6 Å². The van der Waals surface area contributed by atoms with Crippen molar-refractivity contribution >= 4 is 0 Å². The molecule has 0 unspecified atom stereocenters. The van der Waals surface area contributed by atoms with E-state index in [1.54, 1.807) is 38.1 Å². The van der Waals surface area contributed by atoms with Gasteiger partial charge in [0.25, 0.3) is 0 Å². The molecule has 0 atom stereocenters. The van der Waals surface area contributed by atoms with Gasteiger partial charge in [0, 0.05) is 12.8 Å². The molecule has 0 saturated heterocycles. The Balaban J connectivity index is 1.87. The van der Waals surface area contributed by atoms with E-state index in [-0.39, 0.29) is 29.8 Å². The molecule has 0 aliphatic carbocycles. The molecular formula is C22H18F4. The van der Waals surface area contributed by atoms with Crippen LogP contribution in [0.5, 0.6) is 0 Å². The van der Waals surface area contributed by atoms with E-state index in [1.807, 2.05) is 0 Å². The molecule has 3 aromatic rings. The van der Waals surface area contributed by atoms with Gasteiger partial charge in [0.2, 0.25) is 0 Å². The highest BCUT2D eigenvalue weighted by Gasteiger charge is 2.16. The summed E-state index contributed by atoms with van der Waals surface area (Å²) in [6, 6.07) is 12.2. The maximum atomic E-state index is 14.4. The lowest BCUT2D eigenvalue weighted by Crippen LogP contribution is -2.03. The molecule has 0 aromatic heterocycles. The van der Waals surface area contributed by atoms with Gasteiger partial charge in [0.15, 0.2) is 11.6 Å². The van der Waals surface area contributed by atoms with Crippen molar-refractivity contribution in [3.8, 4) is 0 Å². The second kappa shape index (κ2) is 7.32. The smallest absolute Gasteiger partial charge is 0.162 e. The van der Waals surface area contributed by atoms with Crippen molar-refractivity contribution in [2.45, 2.75) is 26.7 Å². The number of aryl methyl sites for hydroxylation is 2. The fraction of sp³-hybridized carbons (Fsp3) is 0.182. The van der Waals surface area contributed by atoms with Crippen molar-refractivity contribution < 1.29 is 17.6 Å². The molecule has 0 nitrogen and oxygen atoms in total. The fourth-order valence-corrected chi connectivity index (χ4v) is 2.87. The molecule has 0 aliphatic heterocycles. The Labute approximate surface area is 150 Å². The van der Waals surface area contributed by atoms with Gasteiger partial charge in [-0.3, -0.25) is 0 Å². The summed E-state index contributed by atoms with van der Waals surface area (Å²) in [6.45, 7) is 3.40. The highest BCUT2D eigenvalue weighted by molar-refractivity contribution is 5.36. The van der Waals surface area contributed by atoms with Gasteiger partial charge in [-0.15, -0.1) is 0 Å². The molecule has 0 N–H and O–H groups in total. The summed E-state index contributed by atoms with van der Waals surface area (Å²) in [6.07, 6.45) is 0.0490. The lowest BCUT2D eigenvalue weighted by atomic mass is 9.98. The minimum atomic E-state index is -0.991. The van der Waals surface area contributed by atoms with E-state index in [9.17, 15) is 17.6 Å². The summed E-state index contributed by atoms with van der Waals surface area (Å²) in [7, 11) is 0. The highest BCUT2D eigenvalue weighted by atomic mass is 19.2. The number of hydrogen-bond acceptors (Lipinski definition) is 0.